The van der Waals surface area contributed by atoms with Crippen LogP contribution in [0.3, 0.4) is 0 Å². The maximum Gasteiger partial charge on any atom is 0.326 e. The number of piperidine rings is 1. The van der Waals surface area contributed by atoms with Crippen LogP contribution < -0.4 is 10.9 Å². The topological polar surface area (TPSA) is 119 Å². The molecular formula is C30H41N5O5. The molecule has 0 aliphatic carbocycles. The first-order valence-electron chi connectivity index (χ1n) is 14.0. The molecule has 40 heavy (non-hydrogen) atoms. The molecule has 1 aliphatic heterocycles. The number of benzene rings is 1. The van der Waals surface area contributed by atoms with Gasteiger partial charge in [-0.3, -0.25) is 19.7 Å². The lowest BCUT2D eigenvalue weighted by molar-refractivity contribution is -0.152. The fourth-order valence-corrected chi connectivity index (χ4v) is 5.43. The van der Waals surface area contributed by atoms with Crippen LogP contribution in [0.4, 0.5) is 0 Å². The van der Waals surface area contributed by atoms with Crippen molar-refractivity contribution in [3.05, 3.63) is 51.9 Å². The van der Waals surface area contributed by atoms with E-state index in [4.69, 9.17) is 9.72 Å². The number of likely N-dealkylation sites (tertiary alicyclic amines) is 1. The number of hydrogen-bond donors (Lipinski definition) is 2. The molecule has 4 rings (SSSR count). The highest BCUT2D eigenvalue weighted by atomic mass is 16.5. The van der Waals surface area contributed by atoms with Crippen molar-refractivity contribution in [2.45, 2.75) is 78.8 Å². The Balaban J connectivity index is 1.68. The molecule has 216 valence electrons. The van der Waals surface area contributed by atoms with Gasteiger partial charge in [0.2, 0.25) is 5.91 Å². The Bertz CT molecular complexity index is 1410. The zero-order valence-electron chi connectivity index (χ0n) is 24.3. The van der Waals surface area contributed by atoms with Crippen molar-refractivity contribution in [3.63, 3.8) is 0 Å². The molecule has 0 bridgehead atoms. The summed E-state index contributed by atoms with van der Waals surface area (Å²) in [6, 6.07) is 7.01. The third-order valence-electron chi connectivity index (χ3n) is 7.45. The second kappa shape index (κ2) is 12.3. The maximum atomic E-state index is 12.5. The van der Waals surface area contributed by atoms with E-state index in [2.05, 4.69) is 9.88 Å². The summed E-state index contributed by atoms with van der Waals surface area (Å²) >= 11 is 0. The molecule has 10 nitrogen and oxygen atoms in total. The lowest BCUT2D eigenvalue weighted by Crippen LogP contribution is -2.46. The van der Waals surface area contributed by atoms with Gasteiger partial charge in [0.1, 0.15) is 11.9 Å². The largest absolute Gasteiger partial charge is 0.462 e. The molecule has 2 aromatic heterocycles. The third-order valence-corrected chi connectivity index (χ3v) is 7.45. The number of aryl methyl sites for hydroxylation is 2. The highest BCUT2D eigenvalue weighted by Gasteiger charge is 2.27. The molecule has 0 unspecified atom stereocenters. The number of hydrogen-bond acceptors (Lipinski definition) is 7. The van der Waals surface area contributed by atoms with Gasteiger partial charge in [-0.15, -0.1) is 0 Å². The second-order valence-electron chi connectivity index (χ2n) is 11.3. The first-order valence-corrected chi connectivity index (χ1v) is 14.0. The number of aromatic nitrogens is 3. The number of carbonyl (C=O) groups excluding carboxylic acids is 2. The van der Waals surface area contributed by atoms with E-state index in [-0.39, 0.29) is 23.5 Å². The van der Waals surface area contributed by atoms with Crippen LogP contribution in [0.1, 0.15) is 51.7 Å². The van der Waals surface area contributed by atoms with Gasteiger partial charge in [-0.25, -0.2) is 4.98 Å². The minimum atomic E-state index is -0.918. The van der Waals surface area contributed by atoms with Gasteiger partial charge in [-0.1, -0.05) is 6.07 Å². The van der Waals surface area contributed by atoms with Crippen molar-refractivity contribution in [2.75, 3.05) is 13.1 Å². The molecule has 0 saturated carbocycles. The number of rotatable bonds is 9. The molecule has 2 N–H and O–H groups in total. The summed E-state index contributed by atoms with van der Waals surface area (Å²) in [5, 5.41) is 13.3. The smallest absolute Gasteiger partial charge is 0.326 e. The van der Waals surface area contributed by atoms with E-state index < -0.39 is 18.1 Å². The Morgan fingerprint density at radius 1 is 1.23 bits per heavy atom. The van der Waals surface area contributed by atoms with Gasteiger partial charge >= 0.3 is 5.97 Å². The zero-order valence-corrected chi connectivity index (χ0v) is 24.3. The minimum Gasteiger partial charge on any atom is -0.462 e. The maximum absolute atomic E-state index is 12.5. The zero-order chi connectivity index (χ0) is 29.1. The van der Waals surface area contributed by atoms with E-state index >= 15 is 0 Å². The summed E-state index contributed by atoms with van der Waals surface area (Å²) in [5.74, 6) is 0.650. The van der Waals surface area contributed by atoms with Gasteiger partial charge in [0.15, 0.2) is 0 Å². The van der Waals surface area contributed by atoms with Crippen LogP contribution in [0.25, 0.3) is 22.4 Å². The van der Waals surface area contributed by atoms with Gasteiger partial charge in [-0.05, 0) is 70.2 Å². The first kappa shape index (κ1) is 29.5. The number of carbonyl (C=O) groups is 2. The molecule has 3 atom stereocenters. The number of fused-ring (bicyclic) bond motifs is 1. The summed E-state index contributed by atoms with van der Waals surface area (Å²) in [5.41, 5.74) is 4.09. The van der Waals surface area contributed by atoms with Gasteiger partial charge in [0, 0.05) is 57.5 Å². The Morgan fingerprint density at radius 3 is 2.62 bits per heavy atom. The fraction of sp³-hybridized carbons (Fsp3) is 0.533. The summed E-state index contributed by atoms with van der Waals surface area (Å²) in [4.78, 5) is 43.8. The number of nitrogens with zero attached hydrogens (tertiary/aromatic N) is 4. The van der Waals surface area contributed by atoms with Crippen LogP contribution in [0.5, 0.6) is 0 Å². The molecule has 0 spiro atoms. The number of amides is 1. The van der Waals surface area contributed by atoms with E-state index in [9.17, 15) is 19.5 Å². The lowest BCUT2D eigenvalue weighted by Gasteiger charge is -2.32. The van der Waals surface area contributed by atoms with E-state index in [0.29, 0.717) is 25.2 Å². The molecule has 10 heteroatoms. The van der Waals surface area contributed by atoms with Gasteiger partial charge < -0.3 is 23.9 Å². The monoisotopic (exact) mass is 551 g/mol. The summed E-state index contributed by atoms with van der Waals surface area (Å²) in [7, 11) is 1.74. The molecule has 1 aromatic carbocycles. The number of pyridine rings is 1. The van der Waals surface area contributed by atoms with E-state index in [1.54, 1.807) is 46.2 Å². The van der Waals surface area contributed by atoms with Gasteiger partial charge in [0.25, 0.3) is 5.56 Å². The van der Waals surface area contributed by atoms with Crippen molar-refractivity contribution >= 4 is 22.9 Å². The molecule has 0 radical (unpaired) electrons. The predicted octanol–water partition coefficient (Wildman–Crippen LogP) is 2.76. The quantitative estimate of drug-likeness (QED) is 0.393. The van der Waals surface area contributed by atoms with Crippen LogP contribution in [0.15, 0.2) is 35.3 Å². The van der Waals surface area contributed by atoms with Crippen LogP contribution in [0, 0.1) is 12.8 Å². The highest BCUT2D eigenvalue weighted by Crippen LogP contribution is 2.29. The van der Waals surface area contributed by atoms with E-state index in [1.165, 1.54) is 0 Å². The second-order valence-corrected chi connectivity index (χ2v) is 11.3. The molecular weight excluding hydrogens is 510 g/mol. The van der Waals surface area contributed by atoms with Gasteiger partial charge in [-0.2, -0.15) is 0 Å². The molecule has 1 aliphatic rings. The lowest BCUT2D eigenvalue weighted by atomic mass is 9.97. The van der Waals surface area contributed by atoms with Crippen molar-refractivity contribution in [2.24, 2.45) is 13.0 Å². The summed E-state index contributed by atoms with van der Waals surface area (Å²) < 4.78 is 9.07. The Kier molecular flexibility index (Phi) is 9.10. The van der Waals surface area contributed by atoms with Crippen molar-refractivity contribution in [3.8, 4) is 11.4 Å². The van der Waals surface area contributed by atoms with Crippen molar-refractivity contribution in [1.29, 1.82) is 0 Å². The number of aliphatic hydroxyl groups excluding tert-OH is 1. The van der Waals surface area contributed by atoms with Crippen LogP contribution >= 0.6 is 0 Å². The molecule has 3 heterocycles. The summed E-state index contributed by atoms with van der Waals surface area (Å²) in [6.45, 7) is 11.1. The number of imidazole rings is 1. The Labute approximate surface area is 235 Å². The predicted molar refractivity (Wildman–Crippen MR) is 154 cm³/mol. The number of nitrogens with one attached hydrogen (secondary N) is 1. The average molecular weight is 552 g/mol. The standard InChI is InChI=1S/C30H41N5O5/c1-18(2)40-30(39)27(20(4)36)31-14-22-9-10-26-25(13-22)32-28(24-12-19(3)29(38)33(6)17-24)35(26)16-23-8-7-11-34(15-23)21(5)37/h9-10,12-13,17-18,20,23,27,31,36H,7-8,11,14-16H2,1-6H3/t20-,23+,27-/m0/s1. The Hall–Kier alpha value is -3.50. The van der Waals surface area contributed by atoms with Crippen molar-refractivity contribution < 1.29 is 19.4 Å². The molecule has 1 saturated heterocycles. The minimum absolute atomic E-state index is 0.0483. The summed E-state index contributed by atoms with van der Waals surface area (Å²) in [6.07, 6.45) is 2.60. The first-order chi connectivity index (χ1) is 18.9. The average Bonchev–Trinajstić information content (AvgIpc) is 3.24. The van der Waals surface area contributed by atoms with Crippen LogP contribution in [-0.4, -0.2) is 67.3 Å². The van der Waals surface area contributed by atoms with E-state index in [1.807, 2.05) is 35.4 Å². The van der Waals surface area contributed by atoms with Crippen LogP contribution in [0.2, 0.25) is 0 Å². The van der Waals surface area contributed by atoms with Crippen LogP contribution in [-0.2, 0) is 34.5 Å². The van der Waals surface area contributed by atoms with Crippen molar-refractivity contribution in [1.82, 2.24) is 24.3 Å². The van der Waals surface area contributed by atoms with E-state index in [0.717, 1.165) is 47.4 Å². The molecule has 3 aromatic rings. The SMILES string of the molecule is CC(=O)N1CCC[C@@H](Cn2c(-c3cc(C)c(=O)n(C)c3)nc3cc(CN[C@H](C(=O)OC(C)C)[C@H](C)O)ccc32)C1. The number of aliphatic hydroxyl groups is 1. The highest BCUT2D eigenvalue weighted by molar-refractivity contribution is 5.81. The number of esters is 1. The third kappa shape index (κ3) is 6.62. The number of ether oxygens (including phenoxy) is 1. The molecule has 1 amide bonds. The Morgan fingerprint density at radius 2 is 1.98 bits per heavy atom. The normalized spacial score (nSPS) is 17.3. The van der Waals surface area contributed by atoms with Gasteiger partial charge in [0.05, 0.1) is 23.2 Å². The fourth-order valence-electron chi connectivity index (χ4n) is 5.43. The molecule has 1 fully saturated rings.